The summed E-state index contributed by atoms with van der Waals surface area (Å²) in [5.41, 5.74) is 8.69. The Morgan fingerprint density at radius 3 is 2.53 bits per heavy atom. The summed E-state index contributed by atoms with van der Waals surface area (Å²) in [5, 5.41) is 13.1. The fourth-order valence-electron chi connectivity index (χ4n) is 2.57. The predicted molar refractivity (Wildman–Crippen MR) is 82.4 cm³/mol. The summed E-state index contributed by atoms with van der Waals surface area (Å²) in [6.07, 6.45) is 0. The minimum absolute atomic E-state index is 0.167. The van der Waals surface area contributed by atoms with Crippen LogP contribution in [0.4, 0.5) is 5.69 Å². The molecule has 2 rings (SSSR count). The predicted octanol–water partition coefficient (Wildman–Crippen LogP) is 2.42. The molecule has 1 aliphatic rings. The molecule has 1 saturated heterocycles. The second-order valence-electron chi connectivity index (χ2n) is 5.15. The summed E-state index contributed by atoms with van der Waals surface area (Å²) in [6.45, 7) is 8.66. The number of anilines is 1. The van der Waals surface area contributed by atoms with Gasteiger partial charge in [0.05, 0.1) is 0 Å². The normalized spacial score (nSPS) is 24.6. The molecule has 4 nitrogen and oxygen atoms in total. The molecule has 0 radical (unpaired) electrons. The Morgan fingerprint density at radius 1 is 1.37 bits per heavy atom. The van der Waals surface area contributed by atoms with E-state index in [4.69, 9.17) is 10.9 Å². The molecule has 0 aliphatic carbocycles. The van der Waals surface area contributed by atoms with Gasteiger partial charge >= 0.3 is 0 Å². The Hall–Kier alpha value is -1.36. The highest BCUT2D eigenvalue weighted by Gasteiger charge is 2.22. The number of thioether (sulfide) groups is 1. The zero-order valence-corrected chi connectivity index (χ0v) is 12.4. The average Bonchev–Trinajstić information content (AvgIpc) is 2.36. The Bertz CT molecular complexity index is 480. The maximum atomic E-state index is 8.75. The van der Waals surface area contributed by atoms with E-state index >= 15 is 0 Å². The Morgan fingerprint density at radius 2 is 2.00 bits per heavy atom. The molecule has 2 atom stereocenters. The lowest BCUT2D eigenvalue weighted by atomic mass is 10.1. The van der Waals surface area contributed by atoms with Crippen molar-refractivity contribution in [3.63, 3.8) is 0 Å². The maximum Gasteiger partial charge on any atom is 0.170 e. The van der Waals surface area contributed by atoms with Gasteiger partial charge in [-0.2, -0.15) is 11.8 Å². The molecular weight excluding hydrogens is 258 g/mol. The van der Waals surface area contributed by atoms with Crippen molar-refractivity contribution < 1.29 is 5.21 Å². The average molecular weight is 279 g/mol. The molecule has 0 amide bonds. The Labute approximate surface area is 118 Å². The lowest BCUT2D eigenvalue weighted by Gasteiger charge is -2.36. The molecule has 3 N–H and O–H groups in total. The first-order valence-electron chi connectivity index (χ1n) is 6.50. The van der Waals surface area contributed by atoms with Gasteiger partial charge in [-0.15, -0.1) is 0 Å². The van der Waals surface area contributed by atoms with E-state index < -0.39 is 0 Å². The number of amidine groups is 1. The van der Waals surface area contributed by atoms with Crippen LogP contribution in [0.3, 0.4) is 0 Å². The van der Waals surface area contributed by atoms with Crippen molar-refractivity contribution in [2.75, 3.05) is 18.0 Å². The van der Waals surface area contributed by atoms with Gasteiger partial charge in [0.25, 0.3) is 0 Å². The van der Waals surface area contributed by atoms with Crippen LogP contribution in [-0.2, 0) is 0 Å². The maximum absolute atomic E-state index is 8.75. The van der Waals surface area contributed by atoms with Crippen LogP contribution in [0.1, 0.15) is 25.0 Å². The van der Waals surface area contributed by atoms with Gasteiger partial charge in [-0.05, 0) is 30.7 Å². The van der Waals surface area contributed by atoms with E-state index in [0.717, 1.165) is 24.2 Å². The highest BCUT2D eigenvalue weighted by Crippen LogP contribution is 2.29. The van der Waals surface area contributed by atoms with E-state index in [1.165, 1.54) is 5.69 Å². The summed E-state index contributed by atoms with van der Waals surface area (Å²) >= 11 is 2.04. The van der Waals surface area contributed by atoms with E-state index in [-0.39, 0.29) is 5.84 Å². The van der Waals surface area contributed by atoms with Gasteiger partial charge in [-0.25, -0.2) is 0 Å². The van der Waals surface area contributed by atoms with E-state index in [9.17, 15) is 0 Å². The molecule has 0 saturated carbocycles. The quantitative estimate of drug-likeness (QED) is 0.378. The summed E-state index contributed by atoms with van der Waals surface area (Å²) in [4.78, 5) is 2.41. The number of benzene rings is 1. The molecule has 1 heterocycles. The Balaban J connectivity index is 2.24. The monoisotopic (exact) mass is 279 g/mol. The third-order valence-electron chi connectivity index (χ3n) is 3.38. The van der Waals surface area contributed by atoms with Crippen molar-refractivity contribution >= 4 is 23.3 Å². The molecule has 1 aliphatic heterocycles. The van der Waals surface area contributed by atoms with Crippen molar-refractivity contribution in [2.45, 2.75) is 31.3 Å². The largest absolute Gasteiger partial charge is 0.409 e. The second-order valence-corrected chi connectivity index (χ2v) is 7.03. The smallest absolute Gasteiger partial charge is 0.170 e. The van der Waals surface area contributed by atoms with Crippen molar-refractivity contribution in [1.82, 2.24) is 0 Å². The van der Waals surface area contributed by atoms with E-state index in [1.807, 2.05) is 24.8 Å². The number of hydrogen-bond donors (Lipinski definition) is 2. The van der Waals surface area contributed by atoms with E-state index in [0.29, 0.717) is 10.5 Å². The number of nitrogens with zero attached hydrogens (tertiary/aromatic N) is 2. The molecule has 1 aromatic rings. The van der Waals surface area contributed by atoms with E-state index in [2.05, 4.69) is 36.0 Å². The first-order chi connectivity index (χ1) is 9.01. The molecule has 5 heteroatoms. The molecule has 0 spiro atoms. The van der Waals surface area contributed by atoms with Crippen LogP contribution in [0.2, 0.25) is 0 Å². The van der Waals surface area contributed by atoms with Gasteiger partial charge in [0, 0.05) is 34.8 Å². The van der Waals surface area contributed by atoms with Crippen LogP contribution in [0.15, 0.2) is 23.4 Å². The van der Waals surface area contributed by atoms with Gasteiger partial charge < -0.3 is 15.8 Å². The second kappa shape index (κ2) is 5.74. The molecule has 104 valence electrons. The Kier molecular flexibility index (Phi) is 4.24. The molecule has 2 unspecified atom stereocenters. The minimum atomic E-state index is 0.167. The van der Waals surface area contributed by atoms with Crippen molar-refractivity contribution in [2.24, 2.45) is 10.9 Å². The number of aryl methyl sites for hydroxylation is 1. The van der Waals surface area contributed by atoms with Crippen LogP contribution >= 0.6 is 11.8 Å². The SMILES string of the molecule is Cc1cc(N2CC(C)SC(C)C2)ccc1/C(N)=N/O. The number of rotatable bonds is 2. The van der Waals surface area contributed by atoms with Gasteiger partial charge in [0.1, 0.15) is 0 Å². The number of nitrogens with two attached hydrogens (primary N) is 1. The topological polar surface area (TPSA) is 61.8 Å². The third-order valence-corrected chi connectivity index (χ3v) is 4.61. The molecule has 1 fully saturated rings. The van der Waals surface area contributed by atoms with Crippen LogP contribution in [0, 0.1) is 6.92 Å². The zero-order valence-electron chi connectivity index (χ0n) is 11.6. The van der Waals surface area contributed by atoms with Gasteiger partial charge in [0.15, 0.2) is 5.84 Å². The molecule has 0 bridgehead atoms. The van der Waals surface area contributed by atoms with Crippen LogP contribution < -0.4 is 10.6 Å². The summed E-state index contributed by atoms with van der Waals surface area (Å²) in [7, 11) is 0. The minimum Gasteiger partial charge on any atom is -0.409 e. The first kappa shape index (κ1) is 14.1. The van der Waals surface area contributed by atoms with Crippen molar-refractivity contribution in [3.8, 4) is 0 Å². The fraction of sp³-hybridized carbons (Fsp3) is 0.500. The lowest BCUT2D eigenvalue weighted by Crippen LogP contribution is -2.40. The summed E-state index contributed by atoms with van der Waals surface area (Å²) < 4.78 is 0. The van der Waals surface area contributed by atoms with Crippen LogP contribution in [-0.4, -0.2) is 34.6 Å². The first-order valence-corrected chi connectivity index (χ1v) is 7.44. The third kappa shape index (κ3) is 3.15. The van der Waals surface area contributed by atoms with Gasteiger partial charge in [-0.1, -0.05) is 19.0 Å². The fourth-order valence-corrected chi connectivity index (χ4v) is 3.90. The van der Waals surface area contributed by atoms with E-state index in [1.54, 1.807) is 0 Å². The summed E-state index contributed by atoms with van der Waals surface area (Å²) in [6, 6.07) is 6.09. The van der Waals surface area contributed by atoms with Gasteiger partial charge in [0.2, 0.25) is 0 Å². The van der Waals surface area contributed by atoms with Crippen molar-refractivity contribution in [1.29, 1.82) is 0 Å². The highest BCUT2D eigenvalue weighted by atomic mass is 32.2. The van der Waals surface area contributed by atoms with Gasteiger partial charge in [-0.3, -0.25) is 0 Å². The zero-order chi connectivity index (χ0) is 14.0. The molecule has 19 heavy (non-hydrogen) atoms. The molecule has 0 aromatic heterocycles. The molecule has 1 aromatic carbocycles. The summed E-state index contributed by atoms with van der Waals surface area (Å²) in [5.74, 6) is 0.167. The van der Waals surface area contributed by atoms with Crippen LogP contribution in [0.5, 0.6) is 0 Å². The van der Waals surface area contributed by atoms with Crippen LogP contribution in [0.25, 0.3) is 0 Å². The lowest BCUT2D eigenvalue weighted by molar-refractivity contribution is 0.318. The van der Waals surface area contributed by atoms with Crippen molar-refractivity contribution in [3.05, 3.63) is 29.3 Å². The number of oxime groups is 1. The standard InChI is InChI=1S/C14H21N3OS/c1-9-6-12(4-5-13(9)14(15)16-18)17-7-10(2)19-11(3)8-17/h4-6,10-11,18H,7-8H2,1-3H3,(H2,15,16). The highest BCUT2D eigenvalue weighted by molar-refractivity contribution is 8.00. The number of hydrogen-bond acceptors (Lipinski definition) is 4. The molecular formula is C14H21N3OS.